The van der Waals surface area contributed by atoms with Crippen LogP contribution < -0.4 is 5.32 Å². The van der Waals surface area contributed by atoms with E-state index in [0.29, 0.717) is 19.3 Å². The number of unbranched alkanes of at least 4 members (excludes halogenated alkanes) is 50. The molecule has 6 nitrogen and oxygen atoms in total. The SMILES string of the molecule is CCCCCCCCCCCCCCCCCC/C=C\CCCCCCCCCCCCCCCCCCC(O)C(=O)NC(CO)C(O)C(O)CCC/C=C/CC/C=C/CCCCCCCCCCCCCCCCCC. The van der Waals surface area contributed by atoms with Crippen molar-refractivity contribution in [2.75, 3.05) is 6.61 Å². The molecule has 0 saturated carbocycles. The van der Waals surface area contributed by atoms with Crippen molar-refractivity contribution in [1.29, 1.82) is 0 Å². The first kappa shape index (κ1) is 75.5. The summed E-state index contributed by atoms with van der Waals surface area (Å²) >= 11 is 0. The Hall–Kier alpha value is -1.47. The lowest BCUT2D eigenvalue weighted by molar-refractivity contribution is -0.132. The highest BCUT2D eigenvalue weighted by atomic mass is 16.3. The predicted octanol–water partition coefficient (Wildman–Crippen LogP) is 21.5. The summed E-state index contributed by atoms with van der Waals surface area (Å²) < 4.78 is 0. The van der Waals surface area contributed by atoms with Gasteiger partial charge in [-0.25, -0.2) is 0 Å². The molecule has 0 spiro atoms. The summed E-state index contributed by atoms with van der Waals surface area (Å²) in [4.78, 5) is 12.7. The fourth-order valence-corrected chi connectivity index (χ4v) is 11.1. The summed E-state index contributed by atoms with van der Waals surface area (Å²) in [5, 5.41) is 44.2. The molecule has 0 saturated heterocycles. The second-order valence-corrected chi connectivity index (χ2v) is 24.2. The Kier molecular flexibility index (Phi) is 64.1. The second kappa shape index (κ2) is 65.3. The van der Waals surface area contributed by atoms with E-state index in [0.717, 1.165) is 38.5 Å². The van der Waals surface area contributed by atoms with Crippen LogP contribution in [0.1, 0.15) is 380 Å². The second-order valence-electron chi connectivity index (χ2n) is 24.2. The molecule has 0 radical (unpaired) electrons. The first-order valence-electron chi connectivity index (χ1n) is 34.9. The van der Waals surface area contributed by atoms with Crippen LogP contribution >= 0.6 is 0 Å². The van der Waals surface area contributed by atoms with Crippen molar-refractivity contribution < 1.29 is 25.2 Å². The molecule has 0 heterocycles. The van der Waals surface area contributed by atoms with Crippen molar-refractivity contribution in [3.63, 3.8) is 0 Å². The van der Waals surface area contributed by atoms with E-state index in [1.807, 2.05) is 0 Å². The molecule has 5 N–H and O–H groups in total. The van der Waals surface area contributed by atoms with Gasteiger partial charge in [0.25, 0.3) is 0 Å². The van der Waals surface area contributed by atoms with Crippen LogP contribution in [-0.4, -0.2) is 57.3 Å². The van der Waals surface area contributed by atoms with E-state index >= 15 is 0 Å². The summed E-state index contributed by atoms with van der Waals surface area (Å²) in [6.07, 6.45) is 84.2. The Morgan fingerprint density at radius 2 is 0.545 bits per heavy atom. The molecule has 4 unspecified atom stereocenters. The van der Waals surface area contributed by atoms with E-state index in [4.69, 9.17) is 0 Å². The average molecular weight is 1080 g/mol. The van der Waals surface area contributed by atoms with E-state index in [9.17, 15) is 25.2 Å². The third-order valence-corrected chi connectivity index (χ3v) is 16.6. The number of hydrogen-bond donors (Lipinski definition) is 5. The van der Waals surface area contributed by atoms with Crippen LogP contribution in [0.5, 0.6) is 0 Å². The van der Waals surface area contributed by atoms with Crippen molar-refractivity contribution in [2.24, 2.45) is 0 Å². The van der Waals surface area contributed by atoms with Crippen molar-refractivity contribution >= 4 is 5.91 Å². The zero-order chi connectivity index (χ0) is 55.8. The fraction of sp³-hybridized carbons (Fsp3) is 0.901. The molecule has 0 rings (SSSR count). The molecule has 0 aromatic heterocycles. The number of rotatable bonds is 65. The van der Waals surface area contributed by atoms with Crippen LogP contribution in [0.2, 0.25) is 0 Å². The largest absolute Gasteiger partial charge is 0.394 e. The van der Waals surface area contributed by atoms with Crippen molar-refractivity contribution in [1.82, 2.24) is 5.32 Å². The third-order valence-electron chi connectivity index (χ3n) is 16.6. The third kappa shape index (κ3) is 59.0. The van der Waals surface area contributed by atoms with Crippen LogP contribution in [0.3, 0.4) is 0 Å². The molecule has 0 aliphatic carbocycles. The molecule has 0 aliphatic rings. The van der Waals surface area contributed by atoms with Gasteiger partial charge in [0, 0.05) is 0 Å². The Balaban J connectivity index is 3.57. The summed E-state index contributed by atoms with van der Waals surface area (Å²) in [5.41, 5.74) is 0. The average Bonchev–Trinajstić information content (AvgIpc) is 3.43. The zero-order valence-corrected chi connectivity index (χ0v) is 52.0. The van der Waals surface area contributed by atoms with Crippen molar-refractivity contribution in [3.8, 4) is 0 Å². The van der Waals surface area contributed by atoms with Crippen molar-refractivity contribution in [2.45, 2.75) is 404 Å². The molecular weight excluding hydrogens is 947 g/mol. The minimum atomic E-state index is -1.29. The first-order valence-corrected chi connectivity index (χ1v) is 34.9. The maximum absolute atomic E-state index is 12.7. The number of amides is 1. The van der Waals surface area contributed by atoms with Gasteiger partial charge in [-0.3, -0.25) is 4.79 Å². The molecular formula is C71H137NO5. The smallest absolute Gasteiger partial charge is 0.249 e. The van der Waals surface area contributed by atoms with Gasteiger partial charge in [-0.05, 0) is 77.0 Å². The van der Waals surface area contributed by atoms with Crippen LogP contribution in [-0.2, 0) is 4.79 Å². The summed E-state index contributed by atoms with van der Waals surface area (Å²) in [5.74, 6) is -0.591. The summed E-state index contributed by atoms with van der Waals surface area (Å²) in [6.45, 7) is 4.09. The fourth-order valence-electron chi connectivity index (χ4n) is 11.1. The maximum atomic E-state index is 12.7. The maximum Gasteiger partial charge on any atom is 0.249 e. The summed E-state index contributed by atoms with van der Waals surface area (Å²) in [6, 6.07) is -1.01. The highest BCUT2D eigenvalue weighted by molar-refractivity contribution is 5.80. The molecule has 1 amide bonds. The van der Waals surface area contributed by atoms with Crippen LogP contribution in [0.4, 0.5) is 0 Å². The Labute approximate surface area is 481 Å². The number of hydrogen-bond acceptors (Lipinski definition) is 5. The van der Waals surface area contributed by atoms with Gasteiger partial charge in [-0.1, -0.05) is 339 Å². The normalized spacial score (nSPS) is 13.7. The molecule has 4 atom stereocenters. The van der Waals surface area contributed by atoms with Crippen LogP contribution in [0.15, 0.2) is 36.5 Å². The standard InChI is InChI=1S/C71H137NO5/c1-3-5-7-9-11-13-15-17-19-21-23-25-27-29-30-31-32-33-34-35-36-37-38-39-41-43-45-47-49-51-53-55-57-59-61-63-65-69(75)71(77)72-67(66-73)70(76)68(74)64-62-60-58-56-54-52-50-48-46-44-42-40-28-26-24-22-20-18-16-14-12-10-8-6-4-2/h33-34,48,50,56,58,67-70,73-76H,3-32,35-47,49,51-55,57,59-66H2,1-2H3,(H,72,77)/b34-33-,50-48+,58-56+. The van der Waals surface area contributed by atoms with E-state index in [-0.39, 0.29) is 0 Å². The lowest BCUT2D eigenvalue weighted by atomic mass is 10.00. The lowest BCUT2D eigenvalue weighted by Crippen LogP contribution is -2.53. The quantitative estimate of drug-likeness (QED) is 0.0308. The van der Waals surface area contributed by atoms with Gasteiger partial charge in [-0.2, -0.15) is 0 Å². The topological polar surface area (TPSA) is 110 Å². The van der Waals surface area contributed by atoms with Crippen molar-refractivity contribution in [3.05, 3.63) is 36.5 Å². The number of carbonyl (C=O) groups excluding carboxylic acids is 1. The molecule has 0 fully saturated rings. The molecule has 77 heavy (non-hydrogen) atoms. The van der Waals surface area contributed by atoms with Gasteiger partial charge in [0.05, 0.1) is 18.8 Å². The number of allylic oxidation sites excluding steroid dienone is 6. The van der Waals surface area contributed by atoms with Gasteiger partial charge in [0.2, 0.25) is 5.91 Å². The van der Waals surface area contributed by atoms with Gasteiger partial charge in [0.1, 0.15) is 12.2 Å². The highest BCUT2D eigenvalue weighted by Gasteiger charge is 2.28. The number of nitrogens with one attached hydrogen (secondary N) is 1. The van der Waals surface area contributed by atoms with E-state index in [1.54, 1.807) is 0 Å². The minimum Gasteiger partial charge on any atom is -0.394 e. The minimum absolute atomic E-state index is 0.362. The first-order chi connectivity index (χ1) is 38.0. The van der Waals surface area contributed by atoms with Gasteiger partial charge < -0.3 is 25.7 Å². The molecule has 0 aromatic carbocycles. The Morgan fingerprint density at radius 1 is 0.312 bits per heavy atom. The molecule has 456 valence electrons. The van der Waals surface area contributed by atoms with E-state index in [1.165, 1.54) is 308 Å². The molecule has 6 heteroatoms. The molecule has 0 aliphatic heterocycles. The highest BCUT2D eigenvalue weighted by Crippen LogP contribution is 2.19. The van der Waals surface area contributed by atoms with Crippen LogP contribution in [0, 0.1) is 0 Å². The van der Waals surface area contributed by atoms with Gasteiger partial charge in [0.15, 0.2) is 0 Å². The monoisotopic (exact) mass is 1080 g/mol. The van der Waals surface area contributed by atoms with Crippen LogP contribution in [0.25, 0.3) is 0 Å². The molecule has 0 aromatic rings. The predicted molar refractivity (Wildman–Crippen MR) is 339 cm³/mol. The number of carbonyl (C=O) groups is 1. The van der Waals surface area contributed by atoms with E-state index in [2.05, 4.69) is 55.6 Å². The van der Waals surface area contributed by atoms with E-state index < -0.39 is 36.9 Å². The Bertz CT molecular complexity index is 1220. The van der Waals surface area contributed by atoms with Gasteiger partial charge in [-0.15, -0.1) is 0 Å². The number of aliphatic hydroxyl groups is 4. The van der Waals surface area contributed by atoms with Gasteiger partial charge >= 0.3 is 0 Å². The zero-order valence-electron chi connectivity index (χ0n) is 52.0. The molecule has 0 bridgehead atoms. The summed E-state index contributed by atoms with van der Waals surface area (Å²) in [7, 11) is 0. The number of aliphatic hydroxyl groups excluding tert-OH is 4. The Morgan fingerprint density at radius 3 is 0.818 bits per heavy atom. The lowest BCUT2D eigenvalue weighted by Gasteiger charge is -2.27.